The van der Waals surface area contributed by atoms with Crippen molar-refractivity contribution in [3.8, 4) is 11.5 Å². The summed E-state index contributed by atoms with van der Waals surface area (Å²) in [7, 11) is 3.37. The third-order valence-corrected chi connectivity index (χ3v) is 5.64. The summed E-state index contributed by atoms with van der Waals surface area (Å²) >= 11 is 6.15. The predicted molar refractivity (Wildman–Crippen MR) is 113 cm³/mol. The van der Waals surface area contributed by atoms with Crippen molar-refractivity contribution in [3.63, 3.8) is 0 Å². The minimum Gasteiger partial charge on any atom is -0.493 e. The van der Waals surface area contributed by atoms with E-state index in [4.69, 9.17) is 21.1 Å². The van der Waals surface area contributed by atoms with Gasteiger partial charge < -0.3 is 9.47 Å². The highest BCUT2D eigenvalue weighted by atomic mass is 35.5. The minimum absolute atomic E-state index is 0.140. The summed E-state index contributed by atoms with van der Waals surface area (Å²) in [6.07, 6.45) is 0.979. The highest BCUT2D eigenvalue weighted by molar-refractivity contribution is 6.30. The van der Waals surface area contributed by atoms with Gasteiger partial charge in [-0.25, -0.2) is 0 Å². The molecule has 4 heteroatoms. The number of halogens is 1. The van der Waals surface area contributed by atoms with Gasteiger partial charge in [0.2, 0.25) is 0 Å². The number of ether oxygens (including phenoxy) is 2. The van der Waals surface area contributed by atoms with Gasteiger partial charge in [0.15, 0.2) is 11.5 Å². The Morgan fingerprint density at radius 1 is 0.929 bits per heavy atom. The van der Waals surface area contributed by atoms with Gasteiger partial charge in [0.1, 0.15) is 0 Å². The molecule has 3 nitrogen and oxygen atoms in total. The third kappa shape index (κ3) is 3.73. The van der Waals surface area contributed by atoms with Crippen LogP contribution in [0.25, 0.3) is 0 Å². The normalized spacial score (nSPS) is 16.5. The van der Waals surface area contributed by atoms with Crippen LogP contribution in [-0.4, -0.2) is 25.7 Å². The molecule has 3 aromatic carbocycles. The zero-order chi connectivity index (χ0) is 19.5. The Labute approximate surface area is 171 Å². The smallest absolute Gasteiger partial charge is 0.161 e. The summed E-state index contributed by atoms with van der Waals surface area (Å²) in [6, 6.07) is 23.2. The van der Waals surface area contributed by atoms with Gasteiger partial charge in [0, 0.05) is 18.1 Å². The highest BCUT2D eigenvalue weighted by Crippen LogP contribution is 2.41. The zero-order valence-corrected chi connectivity index (χ0v) is 16.9. The molecule has 144 valence electrons. The topological polar surface area (TPSA) is 21.7 Å². The van der Waals surface area contributed by atoms with Gasteiger partial charge in [-0.15, -0.1) is 0 Å². The number of rotatable bonds is 5. The molecule has 0 bridgehead atoms. The van der Waals surface area contributed by atoms with Gasteiger partial charge >= 0.3 is 0 Å². The number of hydrogen-bond donors (Lipinski definition) is 0. The van der Waals surface area contributed by atoms with Crippen LogP contribution in [0.15, 0.2) is 66.7 Å². The van der Waals surface area contributed by atoms with Crippen LogP contribution < -0.4 is 9.47 Å². The van der Waals surface area contributed by atoms with Crippen LogP contribution in [0.3, 0.4) is 0 Å². The molecular formula is C24H24ClNO2. The summed E-state index contributed by atoms with van der Waals surface area (Å²) in [6.45, 7) is 1.87. The lowest BCUT2D eigenvalue weighted by Crippen LogP contribution is -2.35. The number of benzene rings is 3. The molecule has 0 spiro atoms. The van der Waals surface area contributed by atoms with E-state index < -0.39 is 0 Å². The Morgan fingerprint density at radius 3 is 2.29 bits per heavy atom. The van der Waals surface area contributed by atoms with Crippen molar-refractivity contribution in [2.45, 2.75) is 19.0 Å². The van der Waals surface area contributed by atoms with Crippen molar-refractivity contribution in [2.75, 3.05) is 20.8 Å². The maximum absolute atomic E-state index is 6.15. The molecule has 0 amide bonds. The second-order valence-corrected chi connectivity index (χ2v) is 7.50. The van der Waals surface area contributed by atoms with E-state index in [9.17, 15) is 0 Å². The Balaban J connectivity index is 1.79. The van der Waals surface area contributed by atoms with Crippen molar-refractivity contribution in [3.05, 3.63) is 94.0 Å². The molecule has 0 fully saturated rings. The average Bonchev–Trinajstić information content (AvgIpc) is 2.74. The number of nitrogens with zero attached hydrogens (tertiary/aromatic N) is 1. The van der Waals surface area contributed by atoms with E-state index in [0.717, 1.165) is 36.0 Å². The van der Waals surface area contributed by atoms with E-state index in [1.165, 1.54) is 22.3 Å². The van der Waals surface area contributed by atoms with Gasteiger partial charge in [-0.05, 0) is 52.9 Å². The van der Waals surface area contributed by atoms with E-state index in [1.807, 2.05) is 12.1 Å². The van der Waals surface area contributed by atoms with Crippen molar-refractivity contribution < 1.29 is 9.47 Å². The lowest BCUT2D eigenvalue weighted by atomic mass is 9.87. The molecule has 1 atom stereocenters. The summed E-state index contributed by atoms with van der Waals surface area (Å²) < 4.78 is 11.1. The van der Waals surface area contributed by atoms with Crippen molar-refractivity contribution in [1.82, 2.24) is 4.90 Å². The molecule has 1 unspecified atom stereocenters. The largest absolute Gasteiger partial charge is 0.493 e. The second kappa shape index (κ2) is 8.26. The monoisotopic (exact) mass is 393 g/mol. The van der Waals surface area contributed by atoms with Crippen LogP contribution in [0.4, 0.5) is 0 Å². The standard InChI is InChI=1S/C24H24ClNO2/c1-27-22-14-19-12-13-26(16-17-6-4-3-5-7-17)24(21(19)15-23(22)28-2)18-8-10-20(25)11-9-18/h3-11,14-15,24H,12-13,16H2,1-2H3. The SMILES string of the molecule is COc1cc2c(cc1OC)C(c1ccc(Cl)cc1)N(Cc1ccccc1)CC2. The first-order chi connectivity index (χ1) is 13.7. The molecule has 3 aromatic rings. The molecule has 0 aliphatic carbocycles. The Hall–Kier alpha value is -2.49. The molecule has 0 aromatic heterocycles. The molecule has 0 saturated heterocycles. The number of methoxy groups -OCH3 is 2. The van der Waals surface area contributed by atoms with E-state index >= 15 is 0 Å². The molecule has 4 rings (SSSR count). The first-order valence-electron chi connectivity index (χ1n) is 9.48. The Morgan fingerprint density at radius 2 is 1.61 bits per heavy atom. The molecule has 0 radical (unpaired) electrons. The Kier molecular flexibility index (Phi) is 5.56. The molecule has 0 N–H and O–H groups in total. The van der Waals surface area contributed by atoms with Crippen LogP contribution in [0.2, 0.25) is 5.02 Å². The molecule has 1 aliphatic rings. The second-order valence-electron chi connectivity index (χ2n) is 7.07. The van der Waals surface area contributed by atoms with Gasteiger partial charge in [0.25, 0.3) is 0 Å². The lowest BCUT2D eigenvalue weighted by Gasteiger charge is -2.38. The van der Waals surface area contributed by atoms with Crippen LogP contribution >= 0.6 is 11.6 Å². The van der Waals surface area contributed by atoms with E-state index in [2.05, 4.69) is 59.5 Å². The van der Waals surface area contributed by atoms with Gasteiger partial charge in [-0.3, -0.25) is 4.90 Å². The van der Waals surface area contributed by atoms with Crippen molar-refractivity contribution >= 4 is 11.6 Å². The van der Waals surface area contributed by atoms with Crippen LogP contribution in [0.1, 0.15) is 28.3 Å². The van der Waals surface area contributed by atoms with Crippen molar-refractivity contribution in [2.24, 2.45) is 0 Å². The molecule has 1 heterocycles. The van der Waals surface area contributed by atoms with E-state index in [1.54, 1.807) is 14.2 Å². The lowest BCUT2D eigenvalue weighted by molar-refractivity contribution is 0.203. The van der Waals surface area contributed by atoms with Gasteiger partial charge in [-0.2, -0.15) is 0 Å². The van der Waals surface area contributed by atoms with E-state index in [-0.39, 0.29) is 6.04 Å². The maximum atomic E-state index is 6.15. The summed E-state index contributed by atoms with van der Waals surface area (Å²) in [5.41, 5.74) is 5.11. The number of hydrogen-bond acceptors (Lipinski definition) is 3. The maximum Gasteiger partial charge on any atom is 0.161 e. The summed E-state index contributed by atoms with van der Waals surface area (Å²) in [5, 5.41) is 0.752. The fourth-order valence-corrected chi connectivity index (χ4v) is 4.15. The minimum atomic E-state index is 0.140. The quantitative estimate of drug-likeness (QED) is 0.570. The fourth-order valence-electron chi connectivity index (χ4n) is 4.02. The summed E-state index contributed by atoms with van der Waals surface area (Å²) in [4.78, 5) is 2.52. The first kappa shape index (κ1) is 18.9. The first-order valence-corrected chi connectivity index (χ1v) is 9.85. The van der Waals surface area contributed by atoms with Crippen LogP contribution in [-0.2, 0) is 13.0 Å². The van der Waals surface area contributed by atoms with Gasteiger partial charge in [-0.1, -0.05) is 54.1 Å². The van der Waals surface area contributed by atoms with Crippen LogP contribution in [0.5, 0.6) is 11.5 Å². The fraction of sp³-hybridized carbons (Fsp3) is 0.250. The molecule has 0 saturated carbocycles. The molecular weight excluding hydrogens is 370 g/mol. The van der Waals surface area contributed by atoms with Gasteiger partial charge in [0.05, 0.1) is 20.3 Å². The summed E-state index contributed by atoms with van der Waals surface area (Å²) in [5.74, 6) is 1.55. The Bertz CT molecular complexity index is 941. The van der Waals surface area contributed by atoms with E-state index in [0.29, 0.717) is 0 Å². The predicted octanol–water partition coefficient (Wildman–Crippen LogP) is 5.50. The molecule has 28 heavy (non-hydrogen) atoms. The number of fused-ring (bicyclic) bond motifs is 1. The van der Waals surface area contributed by atoms with Crippen molar-refractivity contribution in [1.29, 1.82) is 0 Å². The zero-order valence-electron chi connectivity index (χ0n) is 16.2. The average molecular weight is 394 g/mol. The molecule has 1 aliphatic heterocycles. The third-order valence-electron chi connectivity index (χ3n) is 5.39. The van der Waals surface area contributed by atoms with Crippen LogP contribution in [0, 0.1) is 0 Å². The highest BCUT2D eigenvalue weighted by Gasteiger charge is 2.30.